The van der Waals surface area contributed by atoms with Gasteiger partial charge in [-0.15, -0.1) is 0 Å². The molecule has 0 amide bonds. The molecule has 0 aromatic heterocycles. The van der Waals surface area contributed by atoms with Gasteiger partial charge in [-0.2, -0.15) is 0 Å². The van der Waals surface area contributed by atoms with Crippen LogP contribution in [-0.4, -0.2) is 24.0 Å². The van der Waals surface area contributed by atoms with E-state index in [0.29, 0.717) is 12.0 Å². The van der Waals surface area contributed by atoms with Gasteiger partial charge < -0.3 is 8.85 Å². The van der Waals surface area contributed by atoms with Gasteiger partial charge in [-0.3, -0.25) is 0 Å². The topological polar surface area (TPSA) is 18.5 Å². The molecule has 4 aliphatic rings. The predicted octanol–water partition coefficient (Wildman–Crippen LogP) is 11.1. The number of allylic oxidation sites excluding steroid dienone is 1. The van der Waals surface area contributed by atoms with Crippen molar-refractivity contribution >= 4 is 22.9 Å². The Labute approximate surface area is 266 Å². The maximum absolute atomic E-state index is 7.04. The van der Waals surface area contributed by atoms with Gasteiger partial charge >= 0.3 is 0 Å². The predicted molar refractivity (Wildman–Crippen MR) is 189 cm³/mol. The largest absolute Gasteiger partial charge is 0.542 e. The summed E-state index contributed by atoms with van der Waals surface area (Å²) in [5.74, 6) is 4.03. The highest BCUT2D eigenvalue weighted by atomic mass is 28.4. The van der Waals surface area contributed by atoms with Gasteiger partial charge in [0.25, 0.3) is 9.04 Å². The Hall–Kier alpha value is -1.63. The molecule has 4 heteroatoms. The average molecular weight is 616 g/mol. The molecule has 1 radical (unpaired) electrons. The lowest BCUT2D eigenvalue weighted by Crippen LogP contribution is -2.49. The lowest BCUT2D eigenvalue weighted by Gasteiger charge is -2.58. The standard InChI is InChI=1S/C39H59O2Si2/c1-37(2,3)34-20-19-32(17-14-18-33(31-15-12-11-13-16-31)27-40-43(9,10)38(4,5)6)36(41-42(7)8)35(34)39-24-28-21-29(25-39)23-30(22-28)26-39/h11-13,15-16,18-20,28-30H,14,17,21-27H2,1-10H3. The Morgan fingerprint density at radius 3 is 1.98 bits per heavy atom. The molecule has 4 saturated carbocycles. The molecule has 6 rings (SSSR count). The van der Waals surface area contributed by atoms with Crippen molar-refractivity contribution in [2.75, 3.05) is 6.61 Å². The van der Waals surface area contributed by atoms with Crippen molar-refractivity contribution in [3.05, 3.63) is 70.8 Å². The van der Waals surface area contributed by atoms with Crippen molar-refractivity contribution < 1.29 is 8.85 Å². The minimum Gasteiger partial charge on any atom is -0.542 e. The number of rotatable bonds is 10. The summed E-state index contributed by atoms with van der Waals surface area (Å²) in [7, 11) is -2.77. The molecular formula is C39H59O2Si2. The fourth-order valence-corrected chi connectivity index (χ4v) is 10.1. The van der Waals surface area contributed by atoms with Gasteiger partial charge in [-0.05, 0) is 128 Å². The first kappa shape index (κ1) is 32.8. The van der Waals surface area contributed by atoms with Crippen LogP contribution < -0.4 is 4.43 Å². The fourth-order valence-electron chi connectivity index (χ4n) is 8.50. The van der Waals surface area contributed by atoms with Gasteiger partial charge in [0, 0.05) is 11.0 Å². The normalized spacial score (nSPS) is 25.9. The maximum atomic E-state index is 7.04. The molecule has 2 aromatic carbocycles. The molecule has 0 saturated heterocycles. The van der Waals surface area contributed by atoms with Crippen molar-refractivity contribution in [2.45, 2.75) is 135 Å². The van der Waals surface area contributed by atoms with E-state index < -0.39 is 17.4 Å². The Morgan fingerprint density at radius 2 is 1.47 bits per heavy atom. The van der Waals surface area contributed by atoms with Crippen LogP contribution in [0.25, 0.3) is 5.57 Å². The van der Waals surface area contributed by atoms with E-state index in [1.54, 1.807) is 11.1 Å². The molecule has 4 aliphatic carbocycles. The number of benzene rings is 2. The highest BCUT2D eigenvalue weighted by molar-refractivity contribution is 6.74. The Kier molecular flexibility index (Phi) is 9.36. The molecule has 0 unspecified atom stereocenters. The van der Waals surface area contributed by atoms with E-state index in [0.717, 1.165) is 30.6 Å². The van der Waals surface area contributed by atoms with E-state index in [1.807, 2.05) is 0 Å². The average Bonchev–Trinajstić information content (AvgIpc) is 2.89. The van der Waals surface area contributed by atoms with Gasteiger partial charge in [-0.1, -0.05) is 90.1 Å². The van der Waals surface area contributed by atoms with Crippen LogP contribution in [0.1, 0.15) is 109 Å². The first-order valence-corrected chi connectivity index (χ1v) is 22.4. The highest BCUT2D eigenvalue weighted by Gasteiger charge is 2.54. The molecule has 235 valence electrons. The van der Waals surface area contributed by atoms with Crippen LogP contribution >= 0.6 is 0 Å². The molecule has 0 atom stereocenters. The zero-order valence-electron chi connectivity index (χ0n) is 29.0. The molecule has 0 aliphatic heterocycles. The molecule has 4 fully saturated rings. The first-order chi connectivity index (χ1) is 20.1. The van der Waals surface area contributed by atoms with Crippen molar-refractivity contribution in [3.63, 3.8) is 0 Å². The highest BCUT2D eigenvalue weighted by Crippen LogP contribution is 2.63. The zero-order valence-corrected chi connectivity index (χ0v) is 31.0. The second-order valence-electron chi connectivity index (χ2n) is 17.1. The van der Waals surface area contributed by atoms with Crippen molar-refractivity contribution in [1.29, 1.82) is 0 Å². The monoisotopic (exact) mass is 615 g/mol. The lowest BCUT2D eigenvalue weighted by atomic mass is 9.47. The second kappa shape index (κ2) is 12.3. The molecular weight excluding hydrogens is 557 g/mol. The summed E-state index contributed by atoms with van der Waals surface area (Å²) in [6.45, 7) is 24.2. The van der Waals surface area contributed by atoms with Gasteiger partial charge in [-0.25, -0.2) is 0 Å². The summed E-state index contributed by atoms with van der Waals surface area (Å²) in [4.78, 5) is 0. The summed E-state index contributed by atoms with van der Waals surface area (Å²) < 4.78 is 13.8. The van der Waals surface area contributed by atoms with Crippen molar-refractivity contribution in [2.24, 2.45) is 17.8 Å². The van der Waals surface area contributed by atoms with E-state index in [1.165, 1.54) is 61.0 Å². The molecule has 2 nitrogen and oxygen atoms in total. The molecule has 0 spiro atoms. The molecule has 2 aromatic rings. The van der Waals surface area contributed by atoms with Crippen LogP contribution in [0.2, 0.25) is 31.2 Å². The van der Waals surface area contributed by atoms with Crippen LogP contribution in [-0.2, 0) is 21.7 Å². The second-order valence-corrected chi connectivity index (χ2v) is 23.9. The van der Waals surface area contributed by atoms with E-state index in [-0.39, 0.29) is 10.5 Å². The third kappa shape index (κ3) is 7.12. The number of aryl methyl sites for hydroxylation is 1. The van der Waals surface area contributed by atoms with E-state index >= 15 is 0 Å². The molecule has 43 heavy (non-hydrogen) atoms. The Bertz CT molecular complexity index is 1260. The van der Waals surface area contributed by atoms with Gasteiger partial charge in [0.05, 0.1) is 6.61 Å². The minimum atomic E-state index is -1.85. The van der Waals surface area contributed by atoms with Crippen LogP contribution in [0.15, 0.2) is 48.5 Å². The quantitative estimate of drug-likeness (QED) is 0.248. The number of hydrogen-bond donors (Lipinski definition) is 0. The first-order valence-electron chi connectivity index (χ1n) is 17.1. The molecule has 4 bridgehead atoms. The van der Waals surface area contributed by atoms with Crippen LogP contribution in [0.3, 0.4) is 0 Å². The summed E-state index contributed by atoms with van der Waals surface area (Å²) in [6.07, 6.45) is 13.0. The fraction of sp³-hybridized carbons (Fsp3) is 0.641. The van der Waals surface area contributed by atoms with Crippen molar-refractivity contribution in [1.82, 2.24) is 0 Å². The van der Waals surface area contributed by atoms with Crippen molar-refractivity contribution in [3.8, 4) is 5.75 Å². The summed E-state index contributed by atoms with van der Waals surface area (Å²) in [6, 6.07) is 15.8. The molecule has 0 N–H and O–H groups in total. The Morgan fingerprint density at radius 1 is 0.884 bits per heavy atom. The van der Waals surface area contributed by atoms with Gasteiger partial charge in [0.1, 0.15) is 5.75 Å². The van der Waals surface area contributed by atoms with Gasteiger partial charge in [0.15, 0.2) is 8.32 Å². The van der Waals surface area contributed by atoms with E-state index in [9.17, 15) is 0 Å². The zero-order chi connectivity index (χ0) is 31.2. The Balaban J connectivity index is 1.50. The molecule has 0 heterocycles. The third-order valence-corrected chi connectivity index (χ3v) is 16.4. The summed E-state index contributed by atoms with van der Waals surface area (Å²) >= 11 is 0. The van der Waals surface area contributed by atoms with E-state index in [2.05, 4.69) is 116 Å². The summed E-state index contributed by atoms with van der Waals surface area (Å²) in [5.41, 5.74) is 7.58. The minimum absolute atomic E-state index is 0.102. The van der Waals surface area contributed by atoms with Crippen LogP contribution in [0.4, 0.5) is 0 Å². The van der Waals surface area contributed by atoms with Crippen LogP contribution in [0, 0.1) is 17.8 Å². The summed E-state index contributed by atoms with van der Waals surface area (Å²) in [5, 5.41) is 0.198. The van der Waals surface area contributed by atoms with Crippen LogP contribution in [0.5, 0.6) is 5.75 Å². The smallest absolute Gasteiger partial charge is 0.274 e. The van der Waals surface area contributed by atoms with Gasteiger partial charge in [0.2, 0.25) is 0 Å². The SMILES string of the molecule is C[Si](C)Oc1c(CCC=C(CO[Si](C)(C)C(C)(C)C)c2ccccc2)ccc(C(C)(C)C)c1C12CC3CC(CC(C3)C1)C2. The lowest BCUT2D eigenvalue weighted by molar-refractivity contribution is -0.00662. The maximum Gasteiger partial charge on any atom is 0.274 e. The third-order valence-electron chi connectivity index (χ3n) is 11.3. The van der Waals surface area contributed by atoms with E-state index in [4.69, 9.17) is 8.85 Å². The number of hydrogen-bond acceptors (Lipinski definition) is 2.